The average Bonchev–Trinajstić information content (AvgIpc) is 3.10. The maximum atomic E-state index is 12.7. The molecule has 0 spiro atoms. The van der Waals surface area contributed by atoms with E-state index in [4.69, 9.17) is 0 Å². The molecule has 1 atom stereocenters. The fourth-order valence-corrected chi connectivity index (χ4v) is 4.52. The SMILES string of the molecule is CCn1c2ccccc2c2cc(C(=O)NCc3ccc(S(=O)CC)cc3)ccc21. The highest BCUT2D eigenvalue weighted by molar-refractivity contribution is 7.85. The van der Waals surface area contributed by atoms with E-state index in [1.54, 1.807) is 0 Å². The Hall–Kier alpha value is -2.92. The third-order valence-corrected chi connectivity index (χ3v) is 6.57. The fraction of sp³-hybridized carbons (Fsp3) is 0.208. The number of aryl methyl sites for hydroxylation is 1. The summed E-state index contributed by atoms with van der Waals surface area (Å²) in [5, 5.41) is 5.25. The summed E-state index contributed by atoms with van der Waals surface area (Å²) in [6, 6.07) is 21.8. The standard InChI is InChI=1S/C24H24N2O2S/c1-3-26-22-8-6-5-7-20(22)21-15-18(11-14-23(21)26)24(27)25-16-17-9-12-19(13-10-17)29(28)4-2/h5-15H,3-4,16H2,1-2H3,(H,25,27). The molecule has 0 aliphatic heterocycles. The summed E-state index contributed by atoms with van der Waals surface area (Å²) in [5.41, 5.74) is 3.97. The van der Waals surface area contributed by atoms with Gasteiger partial charge >= 0.3 is 0 Å². The molecule has 0 radical (unpaired) electrons. The number of carbonyl (C=O) groups is 1. The van der Waals surface area contributed by atoms with Gasteiger partial charge < -0.3 is 9.88 Å². The Morgan fingerprint density at radius 2 is 1.66 bits per heavy atom. The predicted octanol–water partition coefficient (Wildman–Crippen LogP) is 4.87. The summed E-state index contributed by atoms with van der Waals surface area (Å²) in [7, 11) is -0.955. The van der Waals surface area contributed by atoms with Gasteiger partial charge in [0.05, 0.1) is 10.8 Å². The van der Waals surface area contributed by atoms with Crippen molar-refractivity contribution in [3.8, 4) is 0 Å². The smallest absolute Gasteiger partial charge is 0.251 e. The number of amides is 1. The quantitative estimate of drug-likeness (QED) is 0.498. The van der Waals surface area contributed by atoms with Gasteiger partial charge in [-0.3, -0.25) is 9.00 Å². The van der Waals surface area contributed by atoms with Gasteiger partial charge in [0.15, 0.2) is 0 Å². The van der Waals surface area contributed by atoms with Crippen molar-refractivity contribution in [2.75, 3.05) is 5.75 Å². The van der Waals surface area contributed by atoms with E-state index in [0.29, 0.717) is 17.9 Å². The highest BCUT2D eigenvalue weighted by Gasteiger charge is 2.12. The first-order chi connectivity index (χ1) is 14.1. The van der Waals surface area contributed by atoms with Crippen molar-refractivity contribution in [3.63, 3.8) is 0 Å². The summed E-state index contributed by atoms with van der Waals surface area (Å²) in [5.74, 6) is 0.508. The number of aromatic nitrogens is 1. The fourth-order valence-electron chi connectivity index (χ4n) is 3.75. The van der Waals surface area contributed by atoms with Crippen LogP contribution in [0.4, 0.5) is 0 Å². The molecule has 0 saturated heterocycles. The molecular formula is C24H24N2O2S. The Kier molecular flexibility index (Phi) is 5.49. The van der Waals surface area contributed by atoms with Crippen LogP contribution in [-0.4, -0.2) is 20.4 Å². The van der Waals surface area contributed by atoms with E-state index in [1.807, 2.05) is 61.5 Å². The number of rotatable bonds is 6. The van der Waals surface area contributed by atoms with Crippen LogP contribution in [0.1, 0.15) is 29.8 Å². The minimum atomic E-state index is -0.955. The number of para-hydroxylation sites is 1. The van der Waals surface area contributed by atoms with Gasteiger partial charge in [0, 0.05) is 51.1 Å². The second-order valence-electron chi connectivity index (χ2n) is 6.95. The maximum absolute atomic E-state index is 12.7. The summed E-state index contributed by atoms with van der Waals surface area (Å²) >= 11 is 0. The van der Waals surface area contributed by atoms with Crippen molar-refractivity contribution in [2.45, 2.75) is 31.8 Å². The molecule has 29 heavy (non-hydrogen) atoms. The van der Waals surface area contributed by atoms with E-state index in [2.05, 4.69) is 28.9 Å². The molecule has 1 aromatic heterocycles. The van der Waals surface area contributed by atoms with Gasteiger partial charge in [0.2, 0.25) is 0 Å². The van der Waals surface area contributed by atoms with Crippen LogP contribution >= 0.6 is 0 Å². The molecule has 5 heteroatoms. The molecule has 148 valence electrons. The number of carbonyl (C=O) groups excluding carboxylic acids is 1. The Labute approximate surface area is 173 Å². The number of nitrogens with one attached hydrogen (secondary N) is 1. The summed E-state index contributed by atoms with van der Waals surface area (Å²) < 4.78 is 14.1. The maximum Gasteiger partial charge on any atom is 0.251 e. The Bertz CT molecular complexity index is 1210. The number of fused-ring (bicyclic) bond motifs is 3. The predicted molar refractivity (Wildman–Crippen MR) is 120 cm³/mol. The lowest BCUT2D eigenvalue weighted by Crippen LogP contribution is -2.22. The molecule has 1 heterocycles. The molecule has 4 aromatic rings. The Morgan fingerprint density at radius 1 is 0.931 bits per heavy atom. The van der Waals surface area contributed by atoms with Crippen LogP contribution in [0.15, 0.2) is 71.6 Å². The number of hydrogen-bond donors (Lipinski definition) is 1. The lowest BCUT2D eigenvalue weighted by atomic mass is 10.1. The van der Waals surface area contributed by atoms with E-state index in [0.717, 1.165) is 27.9 Å². The van der Waals surface area contributed by atoms with E-state index in [9.17, 15) is 9.00 Å². The highest BCUT2D eigenvalue weighted by atomic mass is 32.2. The van der Waals surface area contributed by atoms with Crippen molar-refractivity contribution in [2.24, 2.45) is 0 Å². The van der Waals surface area contributed by atoms with Crippen LogP contribution in [-0.2, 0) is 23.9 Å². The minimum Gasteiger partial charge on any atom is -0.348 e. The van der Waals surface area contributed by atoms with Crippen molar-refractivity contribution >= 4 is 38.5 Å². The van der Waals surface area contributed by atoms with Gasteiger partial charge in [-0.2, -0.15) is 0 Å². The van der Waals surface area contributed by atoms with Gasteiger partial charge in [0.25, 0.3) is 5.91 Å². The monoisotopic (exact) mass is 404 g/mol. The van der Waals surface area contributed by atoms with Crippen molar-refractivity contribution < 1.29 is 9.00 Å². The van der Waals surface area contributed by atoms with Crippen LogP contribution in [0.25, 0.3) is 21.8 Å². The van der Waals surface area contributed by atoms with Crippen LogP contribution in [0.5, 0.6) is 0 Å². The minimum absolute atomic E-state index is 0.0959. The Balaban J connectivity index is 1.56. The van der Waals surface area contributed by atoms with Crippen molar-refractivity contribution in [3.05, 3.63) is 77.9 Å². The van der Waals surface area contributed by atoms with Crippen LogP contribution < -0.4 is 5.32 Å². The zero-order valence-electron chi connectivity index (χ0n) is 16.6. The molecule has 0 bridgehead atoms. The molecular weight excluding hydrogens is 380 g/mol. The van der Waals surface area contributed by atoms with E-state index < -0.39 is 10.8 Å². The van der Waals surface area contributed by atoms with Crippen molar-refractivity contribution in [1.29, 1.82) is 0 Å². The van der Waals surface area contributed by atoms with Gasteiger partial charge in [-0.1, -0.05) is 37.3 Å². The molecule has 1 unspecified atom stereocenters. The topological polar surface area (TPSA) is 51.1 Å². The van der Waals surface area contributed by atoms with E-state index in [1.165, 1.54) is 10.9 Å². The Morgan fingerprint density at radius 3 is 2.38 bits per heavy atom. The van der Waals surface area contributed by atoms with Crippen LogP contribution in [0.2, 0.25) is 0 Å². The molecule has 4 nitrogen and oxygen atoms in total. The normalized spacial score (nSPS) is 12.3. The molecule has 0 saturated carbocycles. The molecule has 0 aliphatic rings. The lowest BCUT2D eigenvalue weighted by Gasteiger charge is -2.07. The second-order valence-corrected chi connectivity index (χ2v) is 8.69. The zero-order valence-corrected chi connectivity index (χ0v) is 17.5. The number of nitrogens with zero attached hydrogens (tertiary/aromatic N) is 1. The summed E-state index contributed by atoms with van der Waals surface area (Å²) in [4.78, 5) is 13.5. The first-order valence-corrected chi connectivity index (χ1v) is 11.2. The third-order valence-electron chi connectivity index (χ3n) is 5.25. The zero-order chi connectivity index (χ0) is 20.4. The lowest BCUT2D eigenvalue weighted by molar-refractivity contribution is 0.0951. The average molecular weight is 405 g/mol. The summed E-state index contributed by atoms with van der Waals surface area (Å²) in [6.07, 6.45) is 0. The summed E-state index contributed by atoms with van der Waals surface area (Å²) in [6.45, 7) is 5.35. The van der Waals surface area contributed by atoms with E-state index >= 15 is 0 Å². The van der Waals surface area contributed by atoms with Gasteiger partial charge in [-0.05, 0) is 48.9 Å². The third kappa shape index (κ3) is 3.70. The van der Waals surface area contributed by atoms with Gasteiger partial charge in [-0.15, -0.1) is 0 Å². The molecule has 1 amide bonds. The first kappa shape index (κ1) is 19.4. The molecule has 1 N–H and O–H groups in total. The van der Waals surface area contributed by atoms with E-state index in [-0.39, 0.29) is 5.91 Å². The number of benzene rings is 3. The highest BCUT2D eigenvalue weighted by Crippen LogP contribution is 2.29. The number of hydrogen-bond acceptors (Lipinski definition) is 2. The molecule has 4 rings (SSSR count). The van der Waals surface area contributed by atoms with Crippen LogP contribution in [0, 0.1) is 0 Å². The van der Waals surface area contributed by atoms with Crippen molar-refractivity contribution in [1.82, 2.24) is 9.88 Å². The molecule has 0 fully saturated rings. The second kappa shape index (κ2) is 8.21. The molecule has 0 aliphatic carbocycles. The van der Waals surface area contributed by atoms with Gasteiger partial charge in [-0.25, -0.2) is 0 Å². The van der Waals surface area contributed by atoms with Crippen LogP contribution in [0.3, 0.4) is 0 Å². The largest absolute Gasteiger partial charge is 0.348 e. The first-order valence-electron chi connectivity index (χ1n) is 9.89. The molecule has 3 aromatic carbocycles. The van der Waals surface area contributed by atoms with Gasteiger partial charge in [0.1, 0.15) is 0 Å².